The van der Waals surface area contributed by atoms with Gasteiger partial charge >= 0.3 is 0 Å². The van der Waals surface area contributed by atoms with Crippen LogP contribution in [0.2, 0.25) is 0 Å². The Morgan fingerprint density at radius 1 is 1.00 bits per heavy atom. The molecule has 6 nitrogen and oxygen atoms in total. The van der Waals surface area contributed by atoms with Crippen LogP contribution < -0.4 is 15.6 Å². The quantitative estimate of drug-likeness (QED) is 0.485. The molecule has 2 aromatic carbocycles. The summed E-state index contributed by atoms with van der Waals surface area (Å²) >= 11 is 0. The third kappa shape index (κ3) is 7.75. The molecule has 0 heterocycles. The zero-order chi connectivity index (χ0) is 20.2. The summed E-state index contributed by atoms with van der Waals surface area (Å²) in [5.74, 6) is -1.49. The predicted molar refractivity (Wildman–Crippen MR) is 103 cm³/mol. The van der Waals surface area contributed by atoms with Gasteiger partial charge in [0.2, 0.25) is 5.91 Å². The minimum atomic E-state index is -0.960. The van der Waals surface area contributed by atoms with Crippen LogP contribution in [-0.2, 0) is 20.7 Å². The molecule has 150 valence electrons. The fourth-order valence-electron chi connectivity index (χ4n) is 2.35. The molecule has 0 bridgehead atoms. The Morgan fingerprint density at radius 2 is 1.71 bits per heavy atom. The topological polar surface area (TPSA) is 76.7 Å². The van der Waals surface area contributed by atoms with E-state index in [1.54, 1.807) is 6.07 Å². The van der Waals surface area contributed by atoms with Gasteiger partial charge in [-0.15, -0.1) is 0 Å². The van der Waals surface area contributed by atoms with Crippen LogP contribution in [0, 0.1) is 5.82 Å². The van der Waals surface area contributed by atoms with Gasteiger partial charge in [0, 0.05) is 13.0 Å². The van der Waals surface area contributed by atoms with Crippen molar-refractivity contribution >= 4 is 11.8 Å². The number of para-hydroxylation sites is 1. The highest BCUT2D eigenvalue weighted by Gasteiger charge is 2.16. The smallest absolute Gasteiger partial charge is 0.279 e. The van der Waals surface area contributed by atoms with E-state index in [1.807, 2.05) is 30.3 Å². The van der Waals surface area contributed by atoms with Crippen molar-refractivity contribution in [2.45, 2.75) is 32.3 Å². The van der Waals surface area contributed by atoms with Crippen molar-refractivity contribution in [2.75, 3.05) is 13.2 Å². The second-order valence-corrected chi connectivity index (χ2v) is 6.18. The van der Waals surface area contributed by atoms with E-state index in [-0.39, 0.29) is 18.1 Å². The normalized spacial score (nSPS) is 11.5. The molecular formula is C21H25FN2O4. The predicted octanol–water partition coefficient (Wildman–Crippen LogP) is 2.78. The highest BCUT2D eigenvalue weighted by molar-refractivity contribution is 5.84. The van der Waals surface area contributed by atoms with Crippen molar-refractivity contribution < 1.29 is 23.5 Å². The van der Waals surface area contributed by atoms with E-state index < -0.39 is 17.8 Å². The highest BCUT2D eigenvalue weighted by Crippen LogP contribution is 2.16. The van der Waals surface area contributed by atoms with Crippen LogP contribution in [0.5, 0.6) is 5.75 Å². The van der Waals surface area contributed by atoms with Gasteiger partial charge in [0.15, 0.2) is 17.7 Å². The molecule has 0 radical (unpaired) electrons. The lowest BCUT2D eigenvalue weighted by molar-refractivity contribution is -0.132. The molecule has 2 amide bonds. The fourth-order valence-corrected chi connectivity index (χ4v) is 2.35. The molecule has 0 spiro atoms. The minimum Gasteiger partial charge on any atom is -0.478 e. The maximum atomic E-state index is 13.5. The van der Waals surface area contributed by atoms with Crippen LogP contribution in [0.1, 0.15) is 25.3 Å². The maximum absolute atomic E-state index is 13.5. The van der Waals surface area contributed by atoms with E-state index in [4.69, 9.17) is 9.47 Å². The van der Waals surface area contributed by atoms with Crippen molar-refractivity contribution in [3.8, 4) is 5.75 Å². The van der Waals surface area contributed by atoms with E-state index in [1.165, 1.54) is 30.7 Å². The Bertz CT molecular complexity index is 755. The van der Waals surface area contributed by atoms with E-state index in [0.29, 0.717) is 19.6 Å². The highest BCUT2D eigenvalue weighted by atomic mass is 19.1. The lowest BCUT2D eigenvalue weighted by atomic mass is 10.2. The van der Waals surface area contributed by atoms with Gasteiger partial charge in [0.25, 0.3) is 5.91 Å². The summed E-state index contributed by atoms with van der Waals surface area (Å²) in [4.78, 5) is 23.7. The second kappa shape index (κ2) is 11.7. The average molecular weight is 388 g/mol. The van der Waals surface area contributed by atoms with Gasteiger partial charge in [-0.3, -0.25) is 20.4 Å². The van der Waals surface area contributed by atoms with Crippen LogP contribution in [-0.4, -0.2) is 31.1 Å². The fraction of sp³-hybridized carbons (Fsp3) is 0.333. The number of nitrogens with one attached hydrogen (secondary N) is 2. The Hall–Kier alpha value is -2.93. The largest absolute Gasteiger partial charge is 0.478 e. The first kappa shape index (κ1) is 21.4. The van der Waals surface area contributed by atoms with Crippen molar-refractivity contribution in [3.05, 3.63) is 66.0 Å². The Labute approximate surface area is 164 Å². The molecule has 0 aliphatic rings. The van der Waals surface area contributed by atoms with E-state index in [0.717, 1.165) is 6.42 Å². The summed E-state index contributed by atoms with van der Waals surface area (Å²) in [6.45, 7) is 2.52. The molecular weight excluding hydrogens is 363 g/mol. The minimum absolute atomic E-state index is 0.0240. The molecule has 2 N–H and O–H groups in total. The molecule has 0 aromatic heterocycles. The number of hydrogen-bond donors (Lipinski definition) is 2. The van der Waals surface area contributed by atoms with Crippen LogP contribution in [0.4, 0.5) is 4.39 Å². The molecule has 28 heavy (non-hydrogen) atoms. The van der Waals surface area contributed by atoms with Crippen LogP contribution in [0.3, 0.4) is 0 Å². The summed E-state index contributed by atoms with van der Waals surface area (Å²) in [7, 11) is 0. The first-order chi connectivity index (χ1) is 13.6. The number of hydrazine groups is 1. The number of amides is 2. The third-order valence-corrected chi connectivity index (χ3v) is 3.91. The van der Waals surface area contributed by atoms with Crippen molar-refractivity contribution in [1.82, 2.24) is 10.9 Å². The molecule has 0 aliphatic heterocycles. The number of hydrogen-bond acceptors (Lipinski definition) is 4. The van der Waals surface area contributed by atoms with Gasteiger partial charge < -0.3 is 9.47 Å². The van der Waals surface area contributed by atoms with Crippen LogP contribution in [0.15, 0.2) is 54.6 Å². The number of carbonyl (C=O) groups excluding carboxylic acids is 2. The zero-order valence-electron chi connectivity index (χ0n) is 15.8. The average Bonchev–Trinajstić information content (AvgIpc) is 2.71. The monoisotopic (exact) mass is 388 g/mol. The maximum Gasteiger partial charge on any atom is 0.279 e. The molecule has 2 rings (SSSR count). The Balaban J connectivity index is 1.55. The van der Waals surface area contributed by atoms with E-state index in [2.05, 4.69) is 10.9 Å². The van der Waals surface area contributed by atoms with Gasteiger partial charge in [-0.2, -0.15) is 0 Å². The molecule has 0 aliphatic carbocycles. The number of halogens is 1. The van der Waals surface area contributed by atoms with Gasteiger partial charge in [-0.1, -0.05) is 42.5 Å². The van der Waals surface area contributed by atoms with Crippen molar-refractivity contribution in [2.24, 2.45) is 0 Å². The lowest BCUT2D eigenvalue weighted by Gasteiger charge is -2.15. The molecule has 1 unspecified atom stereocenters. The van der Waals surface area contributed by atoms with Crippen LogP contribution >= 0.6 is 0 Å². The summed E-state index contributed by atoms with van der Waals surface area (Å²) in [6, 6.07) is 15.8. The molecule has 2 aromatic rings. The summed E-state index contributed by atoms with van der Waals surface area (Å²) < 4.78 is 24.3. The van der Waals surface area contributed by atoms with E-state index >= 15 is 0 Å². The van der Waals surface area contributed by atoms with Gasteiger partial charge in [0.05, 0.1) is 6.61 Å². The Kier molecular flexibility index (Phi) is 8.94. The Morgan fingerprint density at radius 3 is 2.46 bits per heavy atom. The molecule has 1 atom stereocenters. The van der Waals surface area contributed by atoms with E-state index in [9.17, 15) is 14.0 Å². The van der Waals surface area contributed by atoms with Gasteiger partial charge in [-0.25, -0.2) is 4.39 Å². The summed E-state index contributed by atoms with van der Waals surface area (Å²) in [5.41, 5.74) is 5.78. The van der Waals surface area contributed by atoms with Crippen LogP contribution in [0.25, 0.3) is 0 Å². The van der Waals surface area contributed by atoms with Crippen molar-refractivity contribution in [3.63, 3.8) is 0 Å². The zero-order valence-corrected chi connectivity index (χ0v) is 15.8. The third-order valence-electron chi connectivity index (χ3n) is 3.91. The number of ether oxygens (including phenoxy) is 2. The number of rotatable bonds is 10. The SMILES string of the molecule is CC(Oc1ccccc1F)C(=O)NNC(=O)CCCOCCc1ccccc1. The van der Waals surface area contributed by atoms with Gasteiger partial charge in [-0.05, 0) is 37.5 Å². The first-order valence-corrected chi connectivity index (χ1v) is 9.18. The summed E-state index contributed by atoms with van der Waals surface area (Å²) in [5, 5.41) is 0. The standard InChI is InChI=1S/C21H25FN2O4/c1-16(28-19-11-6-5-10-18(19)22)21(26)24-23-20(25)12-7-14-27-15-13-17-8-3-2-4-9-17/h2-6,8-11,16H,7,12-15H2,1H3,(H,23,25)(H,24,26). The molecule has 0 fully saturated rings. The lowest BCUT2D eigenvalue weighted by Crippen LogP contribution is -2.47. The van der Waals surface area contributed by atoms with Gasteiger partial charge in [0.1, 0.15) is 0 Å². The first-order valence-electron chi connectivity index (χ1n) is 9.18. The molecule has 0 saturated heterocycles. The number of benzene rings is 2. The number of carbonyl (C=O) groups is 2. The molecule has 0 saturated carbocycles. The summed E-state index contributed by atoms with van der Waals surface area (Å²) in [6.07, 6.45) is 0.619. The second-order valence-electron chi connectivity index (χ2n) is 6.18. The molecule has 7 heteroatoms. The van der Waals surface area contributed by atoms with Crippen molar-refractivity contribution in [1.29, 1.82) is 0 Å².